The van der Waals surface area contributed by atoms with Gasteiger partial charge in [0.2, 0.25) is 0 Å². The van der Waals surface area contributed by atoms with Crippen molar-refractivity contribution in [1.82, 2.24) is 14.7 Å². The van der Waals surface area contributed by atoms with Gasteiger partial charge in [0, 0.05) is 69.1 Å². The lowest BCUT2D eigenvalue weighted by Gasteiger charge is -2.54. The summed E-state index contributed by atoms with van der Waals surface area (Å²) in [4.78, 5) is 17.9. The van der Waals surface area contributed by atoms with Crippen molar-refractivity contribution < 1.29 is 23.8 Å². The van der Waals surface area contributed by atoms with Crippen molar-refractivity contribution in [1.29, 1.82) is 0 Å². The minimum Gasteiger partial charge on any atom is -0.480 e. The number of fused-ring (bicyclic) bond motifs is 5. The van der Waals surface area contributed by atoms with Gasteiger partial charge in [0.05, 0.1) is 25.4 Å². The maximum absolute atomic E-state index is 13.6. The van der Waals surface area contributed by atoms with Gasteiger partial charge in [-0.1, -0.05) is 0 Å². The highest BCUT2D eigenvalue weighted by Crippen LogP contribution is 2.56. The zero-order valence-electron chi connectivity index (χ0n) is 21.3. The molecule has 0 amide bonds. The van der Waals surface area contributed by atoms with Crippen molar-refractivity contribution in [2.45, 2.75) is 121 Å². The zero-order valence-corrected chi connectivity index (χ0v) is 21.3. The molecular weight excluding hydrogens is 425 g/mol. The number of alkyl halides is 1. The molecule has 1 saturated carbocycles. The molecule has 4 unspecified atom stereocenters. The maximum Gasteiger partial charge on any atom is 0.324 e. The van der Waals surface area contributed by atoms with E-state index < -0.39 is 17.2 Å². The first-order chi connectivity index (χ1) is 15.4. The van der Waals surface area contributed by atoms with E-state index in [-0.39, 0.29) is 25.4 Å². The number of hydrogen-bond donors (Lipinski definition) is 1. The number of nitrogens with zero attached hydrogens (tertiary/aromatic N) is 3. The summed E-state index contributed by atoms with van der Waals surface area (Å²) in [7, 11) is 0. The second-order valence-corrected chi connectivity index (χ2v) is 11.8. The fourth-order valence-corrected chi connectivity index (χ4v) is 6.74. The molecular formula is C25H44FN3O4. The monoisotopic (exact) mass is 469 g/mol. The van der Waals surface area contributed by atoms with Crippen LogP contribution in [0.1, 0.15) is 67.2 Å². The summed E-state index contributed by atoms with van der Waals surface area (Å²) in [6.45, 7) is 17.4. The molecule has 9 fully saturated rings. The molecule has 0 aromatic carbocycles. The molecule has 4 atom stereocenters. The third-order valence-electron chi connectivity index (χ3n) is 8.36. The van der Waals surface area contributed by atoms with E-state index in [1.165, 1.54) is 12.8 Å². The largest absolute Gasteiger partial charge is 0.480 e. The van der Waals surface area contributed by atoms with Crippen LogP contribution < -0.4 is 0 Å². The highest BCUT2D eigenvalue weighted by atomic mass is 19.1. The minimum absolute atomic E-state index is 0.108. The van der Waals surface area contributed by atoms with Crippen molar-refractivity contribution in [3.63, 3.8) is 0 Å². The number of piperidine rings is 1. The van der Waals surface area contributed by atoms with Gasteiger partial charge in [-0.05, 0) is 48.0 Å². The third kappa shape index (κ3) is 4.83. The van der Waals surface area contributed by atoms with Crippen LogP contribution in [0.25, 0.3) is 0 Å². The lowest BCUT2D eigenvalue weighted by atomic mass is 9.71. The molecule has 0 aromatic heterocycles. The summed E-state index contributed by atoms with van der Waals surface area (Å²) in [6, 6.07) is 3.02. The number of hydrogen-bond acceptors (Lipinski definition) is 6. The zero-order chi connectivity index (χ0) is 24.1. The number of carboxylic acid groups (broad SMARTS) is 1. The molecule has 8 heterocycles. The van der Waals surface area contributed by atoms with Crippen molar-refractivity contribution in [2.75, 3.05) is 32.8 Å². The van der Waals surface area contributed by atoms with Crippen molar-refractivity contribution in [2.24, 2.45) is 0 Å². The molecule has 33 heavy (non-hydrogen) atoms. The van der Waals surface area contributed by atoms with Gasteiger partial charge in [-0.3, -0.25) is 19.5 Å². The van der Waals surface area contributed by atoms with E-state index in [4.69, 9.17) is 14.6 Å². The molecule has 190 valence electrons. The molecule has 9 aliphatic rings. The fraction of sp³-hybridized carbons (Fsp3) is 0.960. The Morgan fingerprint density at radius 2 is 1.48 bits per heavy atom. The van der Waals surface area contributed by atoms with Gasteiger partial charge in [0.1, 0.15) is 11.2 Å². The molecule has 0 radical (unpaired) electrons. The third-order valence-corrected chi connectivity index (χ3v) is 8.36. The summed E-state index contributed by atoms with van der Waals surface area (Å²) in [6.07, 6.45) is 4.17. The normalized spacial score (nSPS) is 41.4. The Morgan fingerprint density at radius 3 is 1.79 bits per heavy atom. The van der Waals surface area contributed by atoms with Crippen molar-refractivity contribution in [3.8, 4) is 0 Å². The van der Waals surface area contributed by atoms with Crippen LogP contribution in [-0.4, -0.2) is 112 Å². The number of aliphatic carboxylic acids is 1. The van der Waals surface area contributed by atoms with Crippen LogP contribution in [-0.2, 0) is 14.3 Å². The van der Waals surface area contributed by atoms with E-state index in [1.807, 2.05) is 13.8 Å². The molecule has 0 aromatic rings. The second kappa shape index (κ2) is 9.34. The van der Waals surface area contributed by atoms with Gasteiger partial charge >= 0.3 is 5.97 Å². The van der Waals surface area contributed by atoms with Crippen LogP contribution in [0.5, 0.6) is 0 Å². The van der Waals surface area contributed by atoms with E-state index in [0.717, 1.165) is 38.4 Å². The maximum atomic E-state index is 13.6. The Morgan fingerprint density at radius 1 is 0.939 bits per heavy atom. The van der Waals surface area contributed by atoms with Gasteiger partial charge < -0.3 is 14.6 Å². The highest BCUT2D eigenvalue weighted by molar-refractivity contribution is 5.82. The molecule has 8 aliphatic heterocycles. The molecule has 1 N–H and O–H groups in total. The van der Waals surface area contributed by atoms with E-state index in [0.29, 0.717) is 24.3 Å². The van der Waals surface area contributed by atoms with E-state index in [9.17, 15) is 9.18 Å². The highest BCUT2D eigenvalue weighted by Gasteiger charge is 2.70. The first-order valence-electron chi connectivity index (χ1n) is 12.9. The fourth-order valence-electron chi connectivity index (χ4n) is 6.74. The predicted molar refractivity (Wildman–Crippen MR) is 125 cm³/mol. The Kier molecular flexibility index (Phi) is 7.16. The number of carbonyl (C=O) groups is 1. The average molecular weight is 470 g/mol. The molecule has 6 bridgehead atoms. The first kappa shape index (κ1) is 25.3. The van der Waals surface area contributed by atoms with E-state index in [1.54, 1.807) is 4.90 Å². The summed E-state index contributed by atoms with van der Waals surface area (Å²) in [5.74, 6) is -0.869. The van der Waals surface area contributed by atoms with Crippen LogP contribution in [0, 0.1) is 0 Å². The van der Waals surface area contributed by atoms with Gasteiger partial charge in [-0.15, -0.1) is 0 Å². The van der Waals surface area contributed by atoms with Gasteiger partial charge in [0.15, 0.2) is 0 Å². The standard InChI is InChI=1S/C9H14FNO2.2C8H15NO/c1-6(2)11-5-8(10)3-9(11,4-8)7(12)13;1-6(2)9-7-3-8(9)5-10-4-7;1-6(2)9-4-7-3-8(5-9)10-7/h6H,3-5H2,1-2H3,(H,12,13);2*6-8H,3-5H2,1-2H3. The number of rotatable bonds is 4. The summed E-state index contributed by atoms with van der Waals surface area (Å²) in [5.41, 5.74) is -2.11. The van der Waals surface area contributed by atoms with Crippen LogP contribution >= 0.6 is 0 Å². The first-order valence-corrected chi connectivity index (χ1v) is 12.9. The molecule has 1 aliphatic carbocycles. The quantitative estimate of drug-likeness (QED) is 0.679. The molecule has 8 heteroatoms. The van der Waals surface area contributed by atoms with Crippen LogP contribution in [0.15, 0.2) is 0 Å². The van der Waals surface area contributed by atoms with Gasteiger partial charge in [-0.25, -0.2) is 4.39 Å². The van der Waals surface area contributed by atoms with Crippen LogP contribution in [0.2, 0.25) is 0 Å². The smallest absolute Gasteiger partial charge is 0.324 e. The topological polar surface area (TPSA) is 65.5 Å². The summed E-state index contributed by atoms with van der Waals surface area (Å²) < 4.78 is 24.5. The Labute approximate surface area is 198 Å². The molecule has 8 saturated heterocycles. The Hall–Kier alpha value is -0.800. The van der Waals surface area contributed by atoms with E-state index >= 15 is 0 Å². The Bertz CT molecular complexity index is 682. The average Bonchev–Trinajstić information content (AvgIpc) is 3.19. The van der Waals surface area contributed by atoms with Crippen LogP contribution in [0.3, 0.4) is 0 Å². The summed E-state index contributed by atoms with van der Waals surface area (Å²) >= 11 is 0. The molecule has 9 rings (SSSR count). The summed E-state index contributed by atoms with van der Waals surface area (Å²) in [5, 5.41) is 9.04. The number of morpholine rings is 2. The van der Waals surface area contributed by atoms with E-state index in [2.05, 4.69) is 37.5 Å². The number of carboxylic acids is 1. The van der Waals surface area contributed by atoms with Crippen molar-refractivity contribution >= 4 is 5.97 Å². The Balaban J connectivity index is 0.000000119. The second-order valence-electron chi connectivity index (χ2n) is 11.8. The van der Waals surface area contributed by atoms with Gasteiger partial charge in [0.25, 0.3) is 0 Å². The number of ether oxygens (including phenoxy) is 2. The number of halogens is 1. The predicted octanol–water partition coefficient (Wildman–Crippen LogP) is 2.77. The van der Waals surface area contributed by atoms with Crippen molar-refractivity contribution in [3.05, 3.63) is 0 Å². The van der Waals surface area contributed by atoms with Crippen LogP contribution in [0.4, 0.5) is 4.39 Å². The lowest BCUT2D eigenvalue weighted by Crippen LogP contribution is -2.65. The lowest BCUT2D eigenvalue weighted by molar-refractivity contribution is -0.185. The molecule has 7 nitrogen and oxygen atoms in total. The molecule has 0 spiro atoms. The van der Waals surface area contributed by atoms with Gasteiger partial charge in [-0.2, -0.15) is 0 Å². The SMILES string of the molecule is CC(C)N1C2COCC1C2.CC(C)N1CC2(F)CC1(C(=O)O)C2.CC(C)N1CC2CC(C1)O2. The minimum atomic E-state index is -1.22.